The number of carbonyl (C=O) groups is 1. The van der Waals surface area contributed by atoms with Gasteiger partial charge in [0, 0.05) is 12.6 Å². The molecule has 0 saturated heterocycles. The smallest absolute Gasteiger partial charge is 0.235 e. The molecule has 0 aromatic carbocycles. The minimum Gasteiger partial charge on any atom is -0.353 e. The first-order valence-electron chi connectivity index (χ1n) is 5.91. The molecule has 0 bridgehead atoms. The minimum atomic E-state index is -3.33. The normalized spacial score (nSPS) is 14.1. The van der Waals surface area contributed by atoms with Crippen molar-refractivity contribution < 1.29 is 13.2 Å². The second-order valence-electron chi connectivity index (χ2n) is 4.83. The Morgan fingerprint density at radius 2 is 1.82 bits per heavy atom. The Morgan fingerprint density at radius 1 is 1.29 bits per heavy atom. The van der Waals surface area contributed by atoms with Crippen LogP contribution < -0.4 is 5.32 Å². The largest absolute Gasteiger partial charge is 0.353 e. The van der Waals surface area contributed by atoms with Crippen molar-refractivity contribution in [3.05, 3.63) is 0 Å². The van der Waals surface area contributed by atoms with E-state index in [1.807, 2.05) is 27.7 Å². The molecular weight excluding hydrogens is 240 g/mol. The zero-order valence-electron chi connectivity index (χ0n) is 11.4. The molecule has 1 atom stereocenters. The first-order valence-corrected chi connectivity index (χ1v) is 7.76. The molecule has 0 fully saturated rings. The van der Waals surface area contributed by atoms with Crippen LogP contribution in [0.15, 0.2) is 0 Å². The summed E-state index contributed by atoms with van der Waals surface area (Å²) in [5.41, 5.74) is 0. The van der Waals surface area contributed by atoms with Gasteiger partial charge in [-0.3, -0.25) is 4.79 Å². The Labute approximate surface area is 105 Å². The molecule has 0 aliphatic rings. The Bertz CT molecular complexity index is 339. The van der Waals surface area contributed by atoms with Crippen molar-refractivity contribution in [2.24, 2.45) is 5.92 Å². The van der Waals surface area contributed by atoms with Crippen LogP contribution in [0.2, 0.25) is 0 Å². The highest BCUT2D eigenvalue weighted by atomic mass is 32.2. The fourth-order valence-electron chi connectivity index (χ4n) is 1.31. The maximum absolute atomic E-state index is 11.6. The van der Waals surface area contributed by atoms with E-state index in [1.54, 1.807) is 0 Å². The summed E-state index contributed by atoms with van der Waals surface area (Å²) < 4.78 is 24.2. The molecule has 102 valence electrons. The van der Waals surface area contributed by atoms with Crippen LogP contribution >= 0.6 is 0 Å². The van der Waals surface area contributed by atoms with Gasteiger partial charge < -0.3 is 5.32 Å². The zero-order valence-corrected chi connectivity index (χ0v) is 12.2. The van der Waals surface area contributed by atoms with Gasteiger partial charge in [-0.1, -0.05) is 20.8 Å². The van der Waals surface area contributed by atoms with Crippen LogP contribution in [0.1, 0.15) is 34.1 Å². The summed E-state index contributed by atoms with van der Waals surface area (Å²) >= 11 is 0. The van der Waals surface area contributed by atoms with Crippen molar-refractivity contribution in [1.82, 2.24) is 9.62 Å². The van der Waals surface area contributed by atoms with Gasteiger partial charge in [0.1, 0.15) is 0 Å². The van der Waals surface area contributed by atoms with Gasteiger partial charge in [0.2, 0.25) is 15.9 Å². The van der Waals surface area contributed by atoms with Crippen LogP contribution in [0, 0.1) is 5.92 Å². The molecule has 0 rings (SSSR count). The summed E-state index contributed by atoms with van der Waals surface area (Å²) in [5.74, 6) is -0.0495. The third-order valence-electron chi connectivity index (χ3n) is 2.38. The molecule has 0 spiro atoms. The van der Waals surface area contributed by atoms with E-state index in [2.05, 4.69) is 5.32 Å². The van der Waals surface area contributed by atoms with Crippen LogP contribution in [0.5, 0.6) is 0 Å². The number of sulfonamides is 1. The fourth-order valence-corrected chi connectivity index (χ4v) is 2.23. The van der Waals surface area contributed by atoms with Crippen molar-refractivity contribution in [3.8, 4) is 0 Å². The van der Waals surface area contributed by atoms with Gasteiger partial charge in [-0.15, -0.1) is 0 Å². The minimum absolute atomic E-state index is 0.0722. The number of hydrogen-bond donors (Lipinski definition) is 1. The molecule has 0 saturated carbocycles. The van der Waals surface area contributed by atoms with Crippen molar-refractivity contribution in [2.45, 2.75) is 40.2 Å². The summed E-state index contributed by atoms with van der Waals surface area (Å²) in [6.45, 7) is 7.97. The molecule has 0 aromatic rings. The lowest BCUT2D eigenvalue weighted by molar-refractivity contribution is -0.122. The number of hydrogen-bond acceptors (Lipinski definition) is 3. The van der Waals surface area contributed by atoms with Crippen LogP contribution in [-0.4, -0.2) is 44.0 Å². The van der Waals surface area contributed by atoms with Crippen molar-refractivity contribution >= 4 is 15.9 Å². The first-order chi connectivity index (χ1) is 7.66. The summed E-state index contributed by atoms with van der Waals surface area (Å²) in [6.07, 6.45) is 1.96. The van der Waals surface area contributed by atoms with Gasteiger partial charge in [0.15, 0.2) is 0 Å². The average molecular weight is 264 g/mol. The standard InChI is InChI=1S/C11H24N2O3S/c1-6-10(4)12-11(14)8-13(7-9(2)3)17(5,15)16/h9-10H,6-8H2,1-5H3,(H,12,14). The Kier molecular flexibility index (Phi) is 6.70. The van der Waals surface area contributed by atoms with Crippen LogP contribution in [0.3, 0.4) is 0 Å². The highest BCUT2D eigenvalue weighted by molar-refractivity contribution is 7.88. The van der Waals surface area contributed by atoms with Gasteiger partial charge in [0.25, 0.3) is 0 Å². The van der Waals surface area contributed by atoms with Crippen LogP contribution in [0.25, 0.3) is 0 Å². The molecule has 0 aliphatic heterocycles. The Balaban J connectivity index is 4.50. The third-order valence-corrected chi connectivity index (χ3v) is 3.59. The molecule has 1 N–H and O–H groups in total. The lowest BCUT2D eigenvalue weighted by Crippen LogP contribution is -2.44. The zero-order chi connectivity index (χ0) is 13.6. The third kappa shape index (κ3) is 7.33. The topological polar surface area (TPSA) is 66.5 Å². The van der Waals surface area contributed by atoms with Crippen molar-refractivity contribution in [1.29, 1.82) is 0 Å². The molecule has 1 amide bonds. The summed E-state index contributed by atoms with van der Waals surface area (Å²) in [6, 6.07) is 0.0722. The number of nitrogens with zero attached hydrogens (tertiary/aromatic N) is 1. The van der Waals surface area contributed by atoms with E-state index in [1.165, 1.54) is 4.31 Å². The van der Waals surface area contributed by atoms with E-state index in [0.29, 0.717) is 6.54 Å². The van der Waals surface area contributed by atoms with Crippen LogP contribution in [-0.2, 0) is 14.8 Å². The van der Waals surface area contributed by atoms with Crippen molar-refractivity contribution in [3.63, 3.8) is 0 Å². The van der Waals surface area contributed by atoms with E-state index in [4.69, 9.17) is 0 Å². The fraction of sp³-hybridized carbons (Fsp3) is 0.909. The van der Waals surface area contributed by atoms with E-state index < -0.39 is 10.0 Å². The average Bonchev–Trinajstić information content (AvgIpc) is 2.14. The van der Waals surface area contributed by atoms with E-state index in [-0.39, 0.29) is 24.4 Å². The first kappa shape index (κ1) is 16.4. The van der Waals surface area contributed by atoms with E-state index in [0.717, 1.165) is 12.7 Å². The van der Waals surface area contributed by atoms with E-state index >= 15 is 0 Å². The molecule has 1 unspecified atom stereocenters. The molecule has 0 radical (unpaired) electrons. The molecule has 0 aliphatic carbocycles. The van der Waals surface area contributed by atoms with Gasteiger partial charge in [-0.25, -0.2) is 8.42 Å². The number of carbonyl (C=O) groups excluding carboxylic acids is 1. The van der Waals surface area contributed by atoms with Crippen LogP contribution in [0.4, 0.5) is 0 Å². The Hall–Kier alpha value is -0.620. The highest BCUT2D eigenvalue weighted by Crippen LogP contribution is 2.04. The second-order valence-corrected chi connectivity index (χ2v) is 6.81. The lowest BCUT2D eigenvalue weighted by atomic mass is 10.2. The highest BCUT2D eigenvalue weighted by Gasteiger charge is 2.21. The SMILES string of the molecule is CCC(C)NC(=O)CN(CC(C)C)S(C)(=O)=O. The maximum atomic E-state index is 11.6. The predicted molar refractivity (Wildman–Crippen MR) is 69.2 cm³/mol. The molecule has 17 heavy (non-hydrogen) atoms. The summed E-state index contributed by atoms with van der Waals surface area (Å²) in [5, 5.41) is 2.76. The molecule has 0 heterocycles. The lowest BCUT2D eigenvalue weighted by Gasteiger charge is -2.22. The molecule has 6 heteroatoms. The number of nitrogens with one attached hydrogen (secondary N) is 1. The quantitative estimate of drug-likeness (QED) is 0.740. The summed E-state index contributed by atoms with van der Waals surface area (Å²) in [4.78, 5) is 11.6. The number of rotatable bonds is 7. The Morgan fingerprint density at radius 3 is 2.18 bits per heavy atom. The van der Waals surface area contributed by atoms with Crippen molar-refractivity contribution in [2.75, 3.05) is 19.3 Å². The molecule has 5 nitrogen and oxygen atoms in total. The predicted octanol–water partition coefficient (Wildman–Crippen LogP) is 0.819. The maximum Gasteiger partial charge on any atom is 0.235 e. The summed E-state index contributed by atoms with van der Waals surface area (Å²) in [7, 11) is -3.33. The van der Waals surface area contributed by atoms with Gasteiger partial charge >= 0.3 is 0 Å². The van der Waals surface area contributed by atoms with Gasteiger partial charge in [0.05, 0.1) is 12.8 Å². The van der Waals surface area contributed by atoms with Gasteiger partial charge in [-0.2, -0.15) is 4.31 Å². The monoisotopic (exact) mass is 264 g/mol. The van der Waals surface area contributed by atoms with E-state index in [9.17, 15) is 13.2 Å². The molecule has 0 aromatic heterocycles. The van der Waals surface area contributed by atoms with Gasteiger partial charge in [-0.05, 0) is 19.3 Å². The number of amides is 1. The molecular formula is C11H24N2O3S. The second kappa shape index (κ2) is 6.96.